The Kier molecular flexibility index (Phi) is 7.09. The lowest BCUT2D eigenvalue weighted by atomic mass is 10.2. The topological polar surface area (TPSA) is 66.9 Å². The second kappa shape index (κ2) is 9.54. The van der Waals surface area contributed by atoms with E-state index in [-0.39, 0.29) is 10.8 Å². The number of hydrogen-bond acceptors (Lipinski definition) is 5. The number of amides is 1. The molecule has 8 heteroatoms. The fraction of sp³-hybridized carbons (Fsp3) is 0.450. The zero-order valence-corrected chi connectivity index (χ0v) is 17.7. The largest absolute Gasteiger partial charge is 0.494 e. The predicted octanol–water partition coefficient (Wildman–Crippen LogP) is 3.00. The molecule has 1 fully saturated rings. The number of aryl methyl sites for hydroxylation is 1. The van der Waals surface area contributed by atoms with E-state index in [9.17, 15) is 13.2 Å². The predicted molar refractivity (Wildman–Crippen MR) is 110 cm³/mol. The summed E-state index contributed by atoms with van der Waals surface area (Å²) >= 11 is 1.71. The molecule has 2 heterocycles. The quantitative estimate of drug-likeness (QED) is 0.656. The Labute approximate surface area is 170 Å². The lowest BCUT2D eigenvalue weighted by molar-refractivity contribution is -0.132. The Morgan fingerprint density at radius 3 is 2.43 bits per heavy atom. The second-order valence-electron chi connectivity index (χ2n) is 6.62. The van der Waals surface area contributed by atoms with E-state index in [4.69, 9.17) is 4.74 Å². The van der Waals surface area contributed by atoms with Gasteiger partial charge in [0.05, 0.1) is 11.5 Å². The van der Waals surface area contributed by atoms with Crippen molar-refractivity contribution < 1.29 is 17.9 Å². The van der Waals surface area contributed by atoms with Crippen molar-refractivity contribution in [1.29, 1.82) is 0 Å². The Morgan fingerprint density at radius 2 is 1.82 bits per heavy atom. The molecule has 1 aliphatic heterocycles. The number of rotatable bonds is 8. The molecule has 6 nitrogen and oxygen atoms in total. The molecule has 152 valence electrons. The SMILES string of the molecule is CCOc1ccc(S(=O)(=O)N2CCN(C(=O)CCCc3cccs3)CC2)cc1. The van der Waals surface area contributed by atoms with Crippen molar-refractivity contribution in [2.75, 3.05) is 32.8 Å². The van der Waals surface area contributed by atoms with Gasteiger partial charge in [0.25, 0.3) is 0 Å². The molecular formula is C20H26N2O4S2. The highest BCUT2D eigenvalue weighted by Crippen LogP contribution is 2.21. The number of ether oxygens (including phenoxy) is 1. The summed E-state index contributed by atoms with van der Waals surface area (Å²) in [4.78, 5) is 15.7. The third-order valence-corrected chi connectivity index (χ3v) is 7.61. The van der Waals surface area contributed by atoms with Gasteiger partial charge in [0.15, 0.2) is 0 Å². The summed E-state index contributed by atoms with van der Waals surface area (Å²) in [5.41, 5.74) is 0. The van der Waals surface area contributed by atoms with Crippen molar-refractivity contribution in [1.82, 2.24) is 9.21 Å². The maximum absolute atomic E-state index is 12.8. The van der Waals surface area contributed by atoms with Gasteiger partial charge in [0, 0.05) is 37.5 Å². The van der Waals surface area contributed by atoms with Crippen LogP contribution in [0.3, 0.4) is 0 Å². The first-order chi connectivity index (χ1) is 13.5. The number of nitrogens with zero attached hydrogens (tertiary/aromatic N) is 2. The van der Waals surface area contributed by atoms with Crippen molar-refractivity contribution >= 4 is 27.3 Å². The number of carbonyl (C=O) groups excluding carboxylic acids is 1. The van der Waals surface area contributed by atoms with Gasteiger partial charge in [-0.2, -0.15) is 4.31 Å². The van der Waals surface area contributed by atoms with E-state index in [2.05, 4.69) is 6.07 Å². The monoisotopic (exact) mass is 422 g/mol. The van der Waals surface area contributed by atoms with E-state index in [1.807, 2.05) is 18.4 Å². The van der Waals surface area contributed by atoms with Gasteiger partial charge < -0.3 is 9.64 Å². The van der Waals surface area contributed by atoms with Gasteiger partial charge in [-0.1, -0.05) is 6.07 Å². The van der Waals surface area contributed by atoms with Crippen LogP contribution in [0.1, 0.15) is 24.6 Å². The molecule has 1 aromatic carbocycles. The summed E-state index contributed by atoms with van der Waals surface area (Å²) in [5, 5.41) is 2.04. The molecule has 0 spiro atoms. The Balaban J connectivity index is 1.50. The van der Waals surface area contributed by atoms with Gasteiger partial charge in [-0.05, 0) is 55.5 Å². The van der Waals surface area contributed by atoms with E-state index in [0.29, 0.717) is 45.0 Å². The number of sulfonamides is 1. The van der Waals surface area contributed by atoms with Crippen LogP contribution in [0, 0.1) is 0 Å². The molecule has 1 aromatic heterocycles. The Bertz CT molecular complexity index is 856. The minimum Gasteiger partial charge on any atom is -0.494 e. The van der Waals surface area contributed by atoms with Crippen LogP contribution in [0.25, 0.3) is 0 Å². The summed E-state index contributed by atoms with van der Waals surface area (Å²) < 4.78 is 32.5. The van der Waals surface area contributed by atoms with Crippen LogP contribution in [0.5, 0.6) is 5.75 Å². The van der Waals surface area contributed by atoms with Crippen LogP contribution in [0.4, 0.5) is 0 Å². The zero-order valence-electron chi connectivity index (χ0n) is 16.0. The van der Waals surface area contributed by atoms with Crippen LogP contribution in [0.2, 0.25) is 0 Å². The van der Waals surface area contributed by atoms with Crippen LogP contribution < -0.4 is 4.74 Å². The number of carbonyl (C=O) groups is 1. The summed E-state index contributed by atoms with van der Waals surface area (Å²) in [7, 11) is -3.55. The fourth-order valence-corrected chi connectivity index (χ4v) is 5.40. The molecule has 0 atom stereocenters. The second-order valence-corrected chi connectivity index (χ2v) is 9.59. The van der Waals surface area contributed by atoms with Crippen LogP contribution in [0.15, 0.2) is 46.7 Å². The summed E-state index contributed by atoms with van der Waals surface area (Å²) in [6.45, 7) is 3.95. The van der Waals surface area contributed by atoms with Crippen molar-refractivity contribution in [3.8, 4) is 5.75 Å². The molecule has 0 aliphatic carbocycles. The molecule has 0 radical (unpaired) electrons. The normalized spacial score (nSPS) is 15.5. The Morgan fingerprint density at radius 1 is 1.11 bits per heavy atom. The fourth-order valence-electron chi connectivity index (χ4n) is 3.23. The van der Waals surface area contributed by atoms with Crippen molar-refractivity contribution in [3.05, 3.63) is 46.7 Å². The molecule has 0 bridgehead atoms. The number of thiophene rings is 1. The first-order valence-corrected chi connectivity index (χ1v) is 11.9. The number of benzene rings is 1. The summed E-state index contributed by atoms with van der Waals surface area (Å²) in [6.07, 6.45) is 2.24. The highest BCUT2D eigenvalue weighted by molar-refractivity contribution is 7.89. The maximum Gasteiger partial charge on any atom is 0.243 e. The van der Waals surface area contributed by atoms with E-state index in [1.165, 1.54) is 9.18 Å². The molecule has 28 heavy (non-hydrogen) atoms. The number of piperazine rings is 1. The highest BCUT2D eigenvalue weighted by Gasteiger charge is 2.29. The van der Waals surface area contributed by atoms with E-state index >= 15 is 0 Å². The Hall–Kier alpha value is -1.90. The lowest BCUT2D eigenvalue weighted by Gasteiger charge is -2.34. The molecule has 3 rings (SSSR count). The standard InChI is InChI=1S/C20H26N2O4S2/c1-2-26-17-8-10-19(11-9-17)28(24,25)22-14-12-21(13-15-22)20(23)7-3-5-18-6-4-16-27-18/h4,6,8-11,16H,2-3,5,7,12-15H2,1H3. The van der Waals surface area contributed by atoms with Crippen LogP contribution in [-0.2, 0) is 21.2 Å². The van der Waals surface area contributed by atoms with Gasteiger partial charge in [-0.15, -0.1) is 11.3 Å². The van der Waals surface area contributed by atoms with Crippen molar-refractivity contribution in [3.63, 3.8) is 0 Å². The molecule has 1 saturated heterocycles. The van der Waals surface area contributed by atoms with Crippen molar-refractivity contribution in [2.24, 2.45) is 0 Å². The molecular weight excluding hydrogens is 396 g/mol. The average Bonchev–Trinajstić information content (AvgIpc) is 3.22. The summed E-state index contributed by atoms with van der Waals surface area (Å²) in [5.74, 6) is 0.758. The lowest BCUT2D eigenvalue weighted by Crippen LogP contribution is -2.50. The third-order valence-electron chi connectivity index (χ3n) is 4.76. The van der Waals surface area contributed by atoms with Gasteiger partial charge in [-0.25, -0.2) is 8.42 Å². The van der Waals surface area contributed by atoms with Gasteiger partial charge >= 0.3 is 0 Å². The first-order valence-electron chi connectivity index (χ1n) is 9.54. The van der Waals surface area contributed by atoms with Gasteiger partial charge in [0.1, 0.15) is 5.75 Å². The van der Waals surface area contributed by atoms with Gasteiger partial charge in [-0.3, -0.25) is 4.79 Å². The van der Waals surface area contributed by atoms with E-state index in [1.54, 1.807) is 40.5 Å². The maximum atomic E-state index is 12.8. The number of hydrogen-bond donors (Lipinski definition) is 0. The minimum absolute atomic E-state index is 0.106. The third kappa shape index (κ3) is 5.12. The molecule has 1 aliphatic rings. The minimum atomic E-state index is -3.55. The average molecular weight is 423 g/mol. The summed E-state index contributed by atoms with van der Waals surface area (Å²) in [6, 6.07) is 10.6. The van der Waals surface area contributed by atoms with Gasteiger partial charge in [0.2, 0.25) is 15.9 Å². The van der Waals surface area contributed by atoms with E-state index < -0.39 is 10.0 Å². The molecule has 0 saturated carbocycles. The van der Waals surface area contributed by atoms with Crippen molar-refractivity contribution in [2.45, 2.75) is 31.1 Å². The highest BCUT2D eigenvalue weighted by atomic mass is 32.2. The molecule has 2 aromatic rings. The molecule has 0 N–H and O–H groups in total. The zero-order chi connectivity index (χ0) is 20.0. The van der Waals surface area contributed by atoms with E-state index in [0.717, 1.165) is 12.8 Å². The van der Waals surface area contributed by atoms with Crippen LogP contribution >= 0.6 is 11.3 Å². The molecule has 1 amide bonds. The van der Waals surface area contributed by atoms with Crippen LogP contribution in [-0.4, -0.2) is 56.3 Å². The molecule has 0 unspecified atom stereocenters. The smallest absolute Gasteiger partial charge is 0.243 e. The first kappa shape index (κ1) is 20.8.